The van der Waals surface area contributed by atoms with E-state index >= 15 is 0 Å². The maximum Gasteiger partial charge on any atom is 0.257 e. The van der Waals surface area contributed by atoms with Gasteiger partial charge in [-0.15, -0.1) is 0 Å². The molecule has 0 radical (unpaired) electrons. The maximum absolute atomic E-state index is 12.8. The van der Waals surface area contributed by atoms with E-state index in [1.54, 1.807) is 4.90 Å². The van der Waals surface area contributed by atoms with Crippen LogP contribution in [0.25, 0.3) is 0 Å². The summed E-state index contributed by atoms with van der Waals surface area (Å²) in [5.74, 6) is 0.0154. The van der Waals surface area contributed by atoms with E-state index in [9.17, 15) is 13.2 Å². The van der Waals surface area contributed by atoms with Gasteiger partial charge in [0.1, 0.15) is 0 Å². The van der Waals surface area contributed by atoms with E-state index in [-0.39, 0.29) is 24.4 Å². The summed E-state index contributed by atoms with van der Waals surface area (Å²) in [6, 6.07) is 0.105. The van der Waals surface area contributed by atoms with E-state index in [0.29, 0.717) is 18.5 Å². The molecule has 1 atom stereocenters. The van der Waals surface area contributed by atoms with Crippen LogP contribution in [-0.4, -0.2) is 53.8 Å². The molecule has 1 amide bonds. The SMILES string of the molecule is Cc1[nH]nc(C(C)C)c1C(=O)N1CC[C@@H](S(=O)(=O)NC2CC2)C1. The Labute approximate surface area is 136 Å². The highest BCUT2D eigenvalue weighted by Crippen LogP contribution is 2.26. The molecule has 3 rings (SSSR count). The van der Waals surface area contributed by atoms with Crippen LogP contribution in [0.3, 0.4) is 0 Å². The Morgan fingerprint density at radius 3 is 2.65 bits per heavy atom. The van der Waals surface area contributed by atoms with Crippen molar-refractivity contribution in [2.45, 2.75) is 57.2 Å². The van der Waals surface area contributed by atoms with Crippen LogP contribution in [0.1, 0.15) is 60.8 Å². The second-order valence-electron chi connectivity index (χ2n) is 6.86. The van der Waals surface area contributed by atoms with Gasteiger partial charge in [-0.3, -0.25) is 9.89 Å². The van der Waals surface area contributed by atoms with E-state index in [1.807, 2.05) is 20.8 Å². The number of aromatic amines is 1. The van der Waals surface area contributed by atoms with Crippen LogP contribution < -0.4 is 4.72 Å². The topological polar surface area (TPSA) is 95.2 Å². The van der Waals surface area contributed by atoms with E-state index < -0.39 is 15.3 Å². The van der Waals surface area contributed by atoms with Gasteiger partial charge in [0, 0.05) is 24.8 Å². The first-order valence-corrected chi connectivity index (χ1v) is 9.69. The molecule has 0 aromatic carbocycles. The van der Waals surface area contributed by atoms with Gasteiger partial charge in [0.2, 0.25) is 10.0 Å². The van der Waals surface area contributed by atoms with E-state index in [4.69, 9.17) is 0 Å². The number of nitrogens with zero attached hydrogens (tertiary/aromatic N) is 2. The minimum atomic E-state index is -3.34. The molecular formula is C15H24N4O3S. The average molecular weight is 340 g/mol. The van der Waals surface area contributed by atoms with Gasteiger partial charge in [-0.1, -0.05) is 13.8 Å². The van der Waals surface area contributed by atoms with Crippen molar-refractivity contribution in [2.24, 2.45) is 0 Å². The number of amides is 1. The summed E-state index contributed by atoms with van der Waals surface area (Å²) in [6.07, 6.45) is 2.32. The largest absolute Gasteiger partial charge is 0.337 e. The third-order valence-corrected chi connectivity index (χ3v) is 6.44. The lowest BCUT2D eigenvalue weighted by Crippen LogP contribution is -2.38. The second kappa shape index (κ2) is 5.90. The first kappa shape index (κ1) is 16.4. The number of sulfonamides is 1. The molecule has 1 aliphatic carbocycles. The van der Waals surface area contributed by atoms with Gasteiger partial charge in [0.15, 0.2) is 0 Å². The quantitative estimate of drug-likeness (QED) is 0.840. The van der Waals surface area contributed by atoms with E-state index in [2.05, 4.69) is 14.9 Å². The molecule has 8 heteroatoms. The second-order valence-corrected chi connectivity index (χ2v) is 8.85. The van der Waals surface area contributed by atoms with Gasteiger partial charge in [-0.05, 0) is 32.1 Å². The summed E-state index contributed by atoms with van der Waals surface area (Å²) in [6.45, 7) is 6.53. The lowest BCUT2D eigenvalue weighted by molar-refractivity contribution is 0.0791. The minimum absolute atomic E-state index is 0.105. The summed E-state index contributed by atoms with van der Waals surface area (Å²) in [5, 5.41) is 6.58. The molecule has 2 aliphatic rings. The van der Waals surface area contributed by atoms with Crippen LogP contribution in [0.2, 0.25) is 0 Å². The maximum atomic E-state index is 12.8. The van der Waals surface area contributed by atoms with Crippen LogP contribution in [0.15, 0.2) is 0 Å². The normalized spacial score (nSPS) is 22.1. The van der Waals surface area contributed by atoms with Crippen LogP contribution in [0, 0.1) is 6.92 Å². The molecule has 0 bridgehead atoms. The molecule has 7 nitrogen and oxygen atoms in total. The minimum Gasteiger partial charge on any atom is -0.337 e. The lowest BCUT2D eigenvalue weighted by atomic mass is 10.0. The van der Waals surface area contributed by atoms with Crippen molar-refractivity contribution in [3.8, 4) is 0 Å². The molecule has 1 saturated heterocycles. The van der Waals surface area contributed by atoms with Crippen molar-refractivity contribution in [2.75, 3.05) is 13.1 Å². The average Bonchev–Trinajstić information content (AvgIpc) is 3.01. The van der Waals surface area contributed by atoms with Gasteiger partial charge in [-0.25, -0.2) is 13.1 Å². The zero-order chi connectivity index (χ0) is 16.8. The Balaban J connectivity index is 1.74. The molecule has 128 valence electrons. The number of H-pyrrole nitrogens is 1. The van der Waals surface area contributed by atoms with Crippen molar-refractivity contribution >= 4 is 15.9 Å². The lowest BCUT2D eigenvalue weighted by Gasteiger charge is -2.18. The molecule has 0 spiro atoms. The number of carbonyl (C=O) groups excluding carboxylic acids is 1. The molecule has 1 aliphatic heterocycles. The van der Waals surface area contributed by atoms with Crippen molar-refractivity contribution in [1.29, 1.82) is 0 Å². The van der Waals surface area contributed by atoms with Gasteiger partial charge >= 0.3 is 0 Å². The third-order valence-electron chi connectivity index (χ3n) is 4.52. The third kappa shape index (κ3) is 3.28. The number of carbonyl (C=O) groups is 1. The number of likely N-dealkylation sites (tertiary alicyclic amines) is 1. The van der Waals surface area contributed by atoms with Gasteiger partial charge in [-0.2, -0.15) is 5.10 Å². The predicted molar refractivity (Wildman–Crippen MR) is 86.8 cm³/mol. The highest BCUT2D eigenvalue weighted by Gasteiger charge is 2.39. The van der Waals surface area contributed by atoms with E-state index in [1.165, 1.54) is 0 Å². The summed E-state index contributed by atoms with van der Waals surface area (Å²) >= 11 is 0. The molecule has 2 fully saturated rings. The fraction of sp³-hybridized carbons (Fsp3) is 0.733. The van der Waals surface area contributed by atoms with Crippen LogP contribution >= 0.6 is 0 Å². The van der Waals surface area contributed by atoms with Crippen molar-refractivity contribution < 1.29 is 13.2 Å². The molecule has 1 aromatic heterocycles. The Kier molecular flexibility index (Phi) is 4.22. The number of aryl methyl sites for hydroxylation is 1. The van der Waals surface area contributed by atoms with Gasteiger partial charge < -0.3 is 4.90 Å². The summed E-state index contributed by atoms with van der Waals surface area (Å²) in [5.41, 5.74) is 2.07. The Hall–Kier alpha value is -1.41. The fourth-order valence-electron chi connectivity index (χ4n) is 2.99. The van der Waals surface area contributed by atoms with Gasteiger partial charge in [0.25, 0.3) is 5.91 Å². The first-order chi connectivity index (χ1) is 10.8. The molecule has 2 N–H and O–H groups in total. The highest BCUT2D eigenvalue weighted by molar-refractivity contribution is 7.90. The standard InChI is InChI=1S/C15H24N4O3S/c1-9(2)14-13(10(3)16-17-14)15(20)19-7-6-12(8-19)23(21,22)18-11-4-5-11/h9,11-12,18H,4-8H2,1-3H3,(H,16,17)/t12-/m1/s1. The molecule has 1 saturated carbocycles. The first-order valence-electron chi connectivity index (χ1n) is 8.15. The number of nitrogens with one attached hydrogen (secondary N) is 2. The molecule has 0 unspecified atom stereocenters. The van der Waals surface area contributed by atoms with Crippen molar-refractivity contribution in [3.05, 3.63) is 17.0 Å². The van der Waals surface area contributed by atoms with Gasteiger partial charge in [0.05, 0.1) is 16.5 Å². The van der Waals surface area contributed by atoms with Crippen LogP contribution in [0.5, 0.6) is 0 Å². The summed E-state index contributed by atoms with van der Waals surface area (Å²) < 4.78 is 27.3. The zero-order valence-corrected chi connectivity index (χ0v) is 14.6. The van der Waals surface area contributed by atoms with E-state index in [0.717, 1.165) is 24.2 Å². The Morgan fingerprint density at radius 1 is 1.35 bits per heavy atom. The molecule has 23 heavy (non-hydrogen) atoms. The number of hydrogen-bond donors (Lipinski definition) is 2. The fourth-order valence-corrected chi connectivity index (χ4v) is 4.67. The van der Waals surface area contributed by atoms with Crippen molar-refractivity contribution in [1.82, 2.24) is 19.8 Å². The highest BCUT2D eigenvalue weighted by atomic mass is 32.2. The van der Waals surface area contributed by atoms with Crippen LogP contribution in [0.4, 0.5) is 0 Å². The smallest absolute Gasteiger partial charge is 0.257 e. The summed E-state index contributed by atoms with van der Waals surface area (Å²) in [7, 11) is -3.34. The van der Waals surface area contributed by atoms with Crippen molar-refractivity contribution in [3.63, 3.8) is 0 Å². The number of hydrogen-bond acceptors (Lipinski definition) is 4. The van der Waals surface area contributed by atoms with Crippen LogP contribution in [-0.2, 0) is 10.0 Å². The summed E-state index contributed by atoms with van der Waals surface area (Å²) in [4.78, 5) is 14.5. The number of rotatable bonds is 5. The number of aromatic nitrogens is 2. The molecule has 2 heterocycles. The predicted octanol–water partition coefficient (Wildman–Crippen LogP) is 1.14. The zero-order valence-electron chi connectivity index (χ0n) is 13.8. The molecule has 1 aromatic rings. The monoisotopic (exact) mass is 340 g/mol. The Morgan fingerprint density at radius 2 is 2.04 bits per heavy atom. The Bertz CT molecular complexity index is 706. The molecular weight excluding hydrogens is 316 g/mol.